The molecule has 6 nitrogen and oxygen atoms in total. The summed E-state index contributed by atoms with van der Waals surface area (Å²) in [6, 6.07) is -0.749. The van der Waals surface area contributed by atoms with Crippen LogP contribution in [0.25, 0.3) is 0 Å². The van der Waals surface area contributed by atoms with E-state index in [9.17, 15) is 21.9 Å². The minimum atomic E-state index is -3.18. The topological polar surface area (TPSA) is 101 Å². The molecular formula is C8H15NO5S2. The molecule has 0 aromatic rings. The maximum Gasteiger partial charge on any atom is 0.154 e. The molecular weight excluding hydrogens is 254 g/mol. The van der Waals surface area contributed by atoms with Gasteiger partial charge in [0.15, 0.2) is 19.7 Å². The first-order valence-corrected chi connectivity index (χ1v) is 8.77. The van der Waals surface area contributed by atoms with Gasteiger partial charge in [-0.15, -0.1) is 0 Å². The number of sulfone groups is 2. The van der Waals surface area contributed by atoms with Gasteiger partial charge < -0.3 is 10.4 Å². The fourth-order valence-corrected chi connectivity index (χ4v) is 5.66. The van der Waals surface area contributed by atoms with Gasteiger partial charge in [-0.1, -0.05) is 0 Å². The number of hydrogen-bond acceptors (Lipinski definition) is 6. The highest BCUT2D eigenvalue weighted by Crippen LogP contribution is 2.17. The van der Waals surface area contributed by atoms with Crippen LogP contribution in [0, 0.1) is 0 Å². The molecule has 2 N–H and O–H groups in total. The van der Waals surface area contributed by atoms with Crippen molar-refractivity contribution in [2.75, 3.05) is 23.0 Å². The normalized spacial score (nSPS) is 41.2. The number of aliphatic hydroxyl groups is 1. The summed E-state index contributed by atoms with van der Waals surface area (Å²) < 4.78 is 44.9. The summed E-state index contributed by atoms with van der Waals surface area (Å²) in [6.45, 7) is 0. The van der Waals surface area contributed by atoms with E-state index in [0.29, 0.717) is 6.42 Å². The molecule has 0 bridgehead atoms. The lowest BCUT2D eigenvalue weighted by Gasteiger charge is -2.19. The number of rotatable bonds is 2. The third-order valence-electron chi connectivity index (χ3n) is 3.00. The lowest BCUT2D eigenvalue weighted by atomic mass is 10.1. The van der Waals surface area contributed by atoms with Crippen LogP contribution in [0.3, 0.4) is 0 Å². The Hall–Kier alpha value is -0.180. The van der Waals surface area contributed by atoms with Crippen LogP contribution in [0.1, 0.15) is 6.42 Å². The zero-order chi connectivity index (χ0) is 12.0. The number of hydrogen-bond donors (Lipinski definition) is 2. The van der Waals surface area contributed by atoms with Crippen molar-refractivity contribution >= 4 is 19.7 Å². The Balaban J connectivity index is 1.97. The first-order chi connectivity index (χ1) is 7.27. The molecule has 0 saturated carbocycles. The van der Waals surface area contributed by atoms with Crippen molar-refractivity contribution in [1.82, 2.24) is 5.32 Å². The van der Waals surface area contributed by atoms with Crippen LogP contribution in [-0.4, -0.2) is 63.1 Å². The minimum absolute atomic E-state index is 0.0380. The van der Waals surface area contributed by atoms with E-state index in [-0.39, 0.29) is 29.1 Å². The van der Waals surface area contributed by atoms with Crippen molar-refractivity contribution in [2.45, 2.75) is 24.6 Å². The Morgan fingerprint density at radius 1 is 1.00 bits per heavy atom. The Kier molecular flexibility index (Phi) is 3.02. The predicted molar refractivity (Wildman–Crippen MR) is 58.6 cm³/mol. The molecule has 2 heterocycles. The maximum atomic E-state index is 11.2. The summed E-state index contributed by atoms with van der Waals surface area (Å²) in [5.41, 5.74) is 0. The maximum absolute atomic E-state index is 11.2. The Morgan fingerprint density at radius 2 is 1.69 bits per heavy atom. The molecule has 0 spiro atoms. The van der Waals surface area contributed by atoms with Gasteiger partial charge in [0.25, 0.3) is 0 Å². The predicted octanol–water partition coefficient (Wildman–Crippen LogP) is -2.08. The average molecular weight is 269 g/mol. The monoisotopic (exact) mass is 269 g/mol. The van der Waals surface area contributed by atoms with Crippen molar-refractivity contribution < 1.29 is 21.9 Å². The second-order valence-electron chi connectivity index (χ2n) is 4.52. The summed E-state index contributed by atoms with van der Waals surface area (Å²) in [5, 5.41) is 12.5. The molecule has 0 unspecified atom stereocenters. The van der Waals surface area contributed by atoms with Gasteiger partial charge >= 0.3 is 0 Å². The molecule has 16 heavy (non-hydrogen) atoms. The highest BCUT2D eigenvalue weighted by Gasteiger charge is 2.39. The lowest BCUT2D eigenvalue weighted by molar-refractivity contribution is 0.160. The smallest absolute Gasteiger partial charge is 0.154 e. The molecule has 2 rings (SSSR count). The Bertz CT molecular complexity index is 469. The first kappa shape index (κ1) is 12.3. The van der Waals surface area contributed by atoms with Crippen LogP contribution in [0.4, 0.5) is 0 Å². The molecule has 2 saturated heterocycles. The van der Waals surface area contributed by atoms with Crippen molar-refractivity contribution in [3.05, 3.63) is 0 Å². The average Bonchev–Trinajstić information content (AvgIpc) is 2.53. The molecule has 0 aliphatic carbocycles. The van der Waals surface area contributed by atoms with E-state index in [2.05, 4.69) is 5.32 Å². The second-order valence-corrected chi connectivity index (χ2v) is 8.90. The van der Waals surface area contributed by atoms with E-state index in [1.165, 1.54) is 0 Å². The van der Waals surface area contributed by atoms with E-state index < -0.39 is 31.8 Å². The standard InChI is InChI=1S/C8H15NO5S2/c10-8-5-16(13,14)4-7(8)9-6-1-2-15(11,12)3-6/h6-10H,1-5H2/t6-,7+,8+/m1/s1. The molecule has 0 aromatic carbocycles. The van der Waals surface area contributed by atoms with Gasteiger partial charge in [0, 0.05) is 12.1 Å². The fourth-order valence-electron chi connectivity index (χ4n) is 2.22. The van der Waals surface area contributed by atoms with E-state index >= 15 is 0 Å². The summed E-state index contributed by atoms with van der Waals surface area (Å²) in [7, 11) is -6.15. The lowest BCUT2D eigenvalue weighted by Crippen LogP contribution is -2.45. The third kappa shape index (κ3) is 2.73. The number of nitrogens with one attached hydrogen (secondary N) is 1. The van der Waals surface area contributed by atoms with Gasteiger partial charge in [0.1, 0.15) is 0 Å². The van der Waals surface area contributed by atoms with E-state index in [1.807, 2.05) is 0 Å². The van der Waals surface area contributed by atoms with Crippen LogP contribution in [0.2, 0.25) is 0 Å². The van der Waals surface area contributed by atoms with Crippen LogP contribution in [0.5, 0.6) is 0 Å². The Labute approximate surface area is 94.9 Å². The molecule has 2 fully saturated rings. The zero-order valence-corrected chi connectivity index (χ0v) is 10.3. The zero-order valence-electron chi connectivity index (χ0n) is 8.66. The highest BCUT2D eigenvalue weighted by molar-refractivity contribution is 7.92. The first-order valence-electron chi connectivity index (χ1n) is 5.12. The minimum Gasteiger partial charge on any atom is -0.390 e. The van der Waals surface area contributed by atoms with Crippen LogP contribution in [-0.2, 0) is 19.7 Å². The third-order valence-corrected chi connectivity index (χ3v) is 6.49. The van der Waals surface area contributed by atoms with E-state index in [1.54, 1.807) is 0 Å². The quantitative estimate of drug-likeness (QED) is 0.597. The van der Waals surface area contributed by atoms with Gasteiger partial charge in [-0.3, -0.25) is 0 Å². The highest BCUT2D eigenvalue weighted by atomic mass is 32.2. The molecule has 2 aliphatic rings. The molecule has 0 amide bonds. The number of aliphatic hydroxyl groups excluding tert-OH is 1. The van der Waals surface area contributed by atoms with Gasteiger partial charge in [-0.2, -0.15) is 0 Å². The largest absolute Gasteiger partial charge is 0.390 e. The molecule has 0 aromatic heterocycles. The van der Waals surface area contributed by atoms with E-state index in [4.69, 9.17) is 0 Å². The molecule has 2 aliphatic heterocycles. The van der Waals surface area contributed by atoms with Gasteiger partial charge in [0.05, 0.1) is 29.1 Å². The molecule has 8 heteroatoms. The fraction of sp³-hybridized carbons (Fsp3) is 1.00. The molecule has 3 atom stereocenters. The van der Waals surface area contributed by atoms with Gasteiger partial charge in [-0.25, -0.2) is 16.8 Å². The van der Waals surface area contributed by atoms with Gasteiger partial charge in [-0.05, 0) is 6.42 Å². The molecule has 94 valence electrons. The SMILES string of the molecule is O=S1(=O)CC[C@@H](N[C@H]2CS(=O)(=O)C[C@@H]2O)C1. The van der Waals surface area contributed by atoms with Crippen LogP contribution < -0.4 is 5.32 Å². The second kappa shape index (κ2) is 3.94. The summed E-state index contributed by atoms with van der Waals surface area (Å²) in [5.74, 6) is -0.161. The van der Waals surface area contributed by atoms with Crippen molar-refractivity contribution in [3.8, 4) is 0 Å². The van der Waals surface area contributed by atoms with Crippen LogP contribution >= 0.6 is 0 Å². The Morgan fingerprint density at radius 3 is 2.12 bits per heavy atom. The van der Waals surface area contributed by atoms with Gasteiger partial charge in [0.2, 0.25) is 0 Å². The summed E-state index contributed by atoms with van der Waals surface area (Å²) in [4.78, 5) is 0. The molecule has 0 radical (unpaired) electrons. The summed E-state index contributed by atoms with van der Waals surface area (Å²) in [6.07, 6.45) is -0.431. The van der Waals surface area contributed by atoms with Crippen molar-refractivity contribution in [1.29, 1.82) is 0 Å². The van der Waals surface area contributed by atoms with Crippen molar-refractivity contribution in [2.24, 2.45) is 0 Å². The van der Waals surface area contributed by atoms with Crippen molar-refractivity contribution in [3.63, 3.8) is 0 Å². The van der Waals surface area contributed by atoms with Crippen LogP contribution in [0.15, 0.2) is 0 Å². The summed E-state index contributed by atoms with van der Waals surface area (Å²) >= 11 is 0. The van der Waals surface area contributed by atoms with E-state index in [0.717, 1.165) is 0 Å².